The molecule has 8 nitrogen and oxygen atoms in total. The minimum absolute atomic E-state index is 0.0761. The van der Waals surface area contributed by atoms with Gasteiger partial charge >= 0.3 is 5.69 Å². The summed E-state index contributed by atoms with van der Waals surface area (Å²) in [5.74, 6) is 1.33. The highest BCUT2D eigenvalue weighted by molar-refractivity contribution is 5.77. The van der Waals surface area contributed by atoms with E-state index in [4.69, 9.17) is 0 Å². The zero-order chi connectivity index (χ0) is 16.0. The van der Waals surface area contributed by atoms with E-state index in [0.29, 0.717) is 42.2 Å². The maximum absolute atomic E-state index is 12.2. The Morgan fingerprint density at radius 1 is 1.22 bits per heavy atom. The smallest absolute Gasteiger partial charge is 0.309 e. The lowest BCUT2D eigenvalue weighted by Crippen LogP contribution is -2.39. The number of nitrogens with one attached hydrogen (secondary N) is 2. The van der Waals surface area contributed by atoms with Gasteiger partial charge in [0.05, 0.1) is 23.5 Å². The number of para-hydroxylation sites is 1. The number of benzene rings is 1. The number of rotatable bonds is 2. The fourth-order valence-electron chi connectivity index (χ4n) is 3.00. The Kier molecular flexibility index (Phi) is 3.12. The van der Waals surface area contributed by atoms with Crippen LogP contribution in [0.3, 0.4) is 0 Å². The lowest BCUT2D eigenvalue weighted by atomic mass is 10.2. The van der Waals surface area contributed by atoms with Gasteiger partial charge in [-0.15, -0.1) is 0 Å². The van der Waals surface area contributed by atoms with E-state index < -0.39 is 0 Å². The van der Waals surface area contributed by atoms with Gasteiger partial charge in [0.2, 0.25) is 0 Å². The van der Waals surface area contributed by atoms with Gasteiger partial charge in [-0.3, -0.25) is 14.3 Å². The zero-order valence-corrected chi connectivity index (χ0v) is 12.6. The maximum atomic E-state index is 12.2. The molecule has 0 saturated heterocycles. The first-order valence-corrected chi connectivity index (χ1v) is 7.50. The second-order valence-corrected chi connectivity index (χ2v) is 5.71. The molecule has 1 atom stereocenters. The number of aromatic nitrogens is 5. The molecule has 1 unspecified atom stereocenters. The first-order valence-electron chi connectivity index (χ1n) is 7.50. The van der Waals surface area contributed by atoms with Gasteiger partial charge in [0.15, 0.2) is 0 Å². The van der Waals surface area contributed by atoms with E-state index in [1.165, 1.54) is 0 Å². The van der Waals surface area contributed by atoms with E-state index in [9.17, 15) is 9.59 Å². The van der Waals surface area contributed by atoms with E-state index in [1.54, 1.807) is 10.6 Å². The van der Waals surface area contributed by atoms with Gasteiger partial charge in [0, 0.05) is 13.1 Å². The summed E-state index contributed by atoms with van der Waals surface area (Å²) in [5.41, 5.74) is 0.377. The highest BCUT2D eigenvalue weighted by Crippen LogP contribution is 2.21. The molecule has 0 fully saturated rings. The van der Waals surface area contributed by atoms with Crippen molar-refractivity contribution in [2.24, 2.45) is 0 Å². The van der Waals surface area contributed by atoms with Crippen LogP contribution in [0.5, 0.6) is 0 Å². The first-order chi connectivity index (χ1) is 11.1. The van der Waals surface area contributed by atoms with Crippen LogP contribution in [-0.4, -0.2) is 36.2 Å². The number of fused-ring (bicyclic) bond motifs is 2. The third-order valence-electron chi connectivity index (χ3n) is 4.37. The van der Waals surface area contributed by atoms with Crippen LogP contribution in [0.1, 0.15) is 24.6 Å². The molecule has 2 N–H and O–H groups in total. The summed E-state index contributed by atoms with van der Waals surface area (Å²) in [6.07, 6.45) is 0. The molecule has 3 aromatic rings. The fourth-order valence-corrected chi connectivity index (χ4v) is 3.00. The van der Waals surface area contributed by atoms with Crippen molar-refractivity contribution in [1.82, 2.24) is 29.6 Å². The number of aromatic amines is 2. The number of nitrogens with zero attached hydrogens (tertiary/aromatic N) is 4. The second-order valence-electron chi connectivity index (χ2n) is 5.71. The molecule has 4 rings (SSSR count). The fraction of sp³-hybridized carbons (Fsp3) is 0.333. The lowest BCUT2D eigenvalue weighted by molar-refractivity contribution is 0.156. The van der Waals surface area contributed by atoms with Crippen LogP contribution in [-0.2, 0) is 13.1 Å². The van der Waals surface area contributed by atoms with Crippen molar-refractivity contribution in [3.63, 3.8) is 0 Å². The van der Waals surface area contributed by atoms with Gasteiger partial charge in [0.25, 0.3) is 5.56 Å². The molecule has 0 saturated carbocycles. The largest absolute Gasteiger partial charge is 0.343 e. The van der Waals surface area contributed by atoms with Crippen molar-refractivity contribution in [3.8, 4) is 0 Å². The minimum Gasteiger partial charge on any atom is -0.309 e. The molecule has 0 aliphatic carbocycles. The summed E-state index contributed by atoms with van der Waals surface area (Å²) in [4.78, 5) is 33.4. The Balaban J connectivity index is 1.68. The zero-order valence-electron chi connectivity index (χ0n) is 12.6. The van der Waals surface area contributed by atoms with Crippen LogP contribution in [0.25, 0.3) is 10.9 Å². The molecule has 2 aromatic heterocycles. The standard InChI is InChI=1S/C15H16N6O2/c1-9(20-6-7-21-12(8-20)18-19-15(21)23)13-16-11-5-3-2-4-10(11)14(22)17-13/h2-5,9H,6-8H2,1H3,(H,19,23)(H,16,17,22). The number of H-pyrrole nitrogens is 2. The summed E-state index contributed by atoms with van der Waals surface area (Å²) in [7, 11) is 0. The lowest BCUT2D eigenvalue weighted by Gasteiger charge is -2.31. The van der Waals surface area contributed by atoms with E-state index in [1.807, 2.05) is 25.1 Å². The third-order valence-corrected chi connectivity index (χ3v) is 4.37. The third kappa shape index (κ3) is 2.27. The van der Waals surface area contributed by atoms with Crippen molar-refractivity contribution in [1.29, 1.82) is 0 Å². The minimum atomic E-state index is -0.176. The van der Waals surface area contributed by atoms with Crippen LogP contribution in [0.4, 0.5) is 0 Å². The summed E-state index contributed by atoms with van der Waals surface area (Å²) >= 11 is 0. The van der Waals surface area contributed by atoms with Gasteiger partial charge < -0.3 is 4.98 Å². The van der Waals surface area contributed by atoms with E-state index in [0.717, 1.165) is 0 Å². The number of hydrogen-bond acceptors (Lipinski definition) is 5. The van der Waals surface area contributed by atoms with Crippen LogP contribution in [0.2, 0.25) is 0 Å². The molecule has 3 heterocycles. The van der Waals surface area contributed by atoms with Crippen molar-refractivity contribution in [2.45, 2.75) is 26.1 Å². The molecule has 0 radical (unpaired) electrons. The highest BCUT2D eigenvalue weighted by Gasteiger charge is 2.25. The monoisotopic (exact) mass is 312 g/mol. The quantitative estimate of drug-likeness (QED) is 0.713. The Labute approximate surface area is 130 Å². The molecule has 0 spiro atoms. The van der Waals surface area contributed by atoms with E-state index in [2.05, 4.69) is 25.1 Å². The van der Waals surface area contributed by atoms with E-state index >= 15 is 0 Å². The average Bonchev–Trinajstić information content (AvgIpc) is 2.95. The number of hydrogen-bond donors (Lipinski definition) is 2. The molecular weight excluding hydrogens is 296 g/mol. The Morgan fingerprint density at radius 3 is 2.91 bits per heavy atom. The van der Waals surface area contributed by atoms with Gasteiger partial charge in [0.1, 0.15) is 11.6 Å². The van der Waals surface area contributed by atoms with Crippen molar-refractivity contribution < 1.29 is 0 Å². The van der Waals surface area contributed by atoms with Gasteiger partial charge in [-0.2, -0.15) is 5.10 Å². The van der Waals surface area contributed by atoms with Crippen molar-refractivity contribution in [3.05, 3.63) is 56.8 Å². The summed E-state index contributed by atoms with van der Waals surface area (Å²) < 4.78 is 1.64. The second kappa shape index (κ2) is 5.17. The predicted molar refractivity (Wildman–Crippen MR) is 84.0 cm³/mol. The van der Waals surface area contributed by atoms with Crippen molar-refractivity contribution in [2.75, 3.05) is 6.54 Å². The molecule has 8 heteroatoms. The molecule has 1 aliphatic heterocycles. The normalized spacial score (nSPS) is 16.4. The summed E-state index contributed by atoms with van der Waals surface area (Å²) in [5, 5.41) is 7.10. The van der Waals surface area contributed by atoms with Gasteiger partial charge in [-0.1, -0.05) is 12.1 Å². The highest BCUT2D eigenvalue weighted by atomic mass is 16.1. The molecule has 1 aliphatic rings. The summed E-state index contributed by atoms with van der Waals surface area (Å²) in [6, 6.07) is 7.21. The molecule has 118 valence electrons. The Morgan fingerprint density at radius 2 is 2.04 bits per heavy atom. The maximum Gasteiger partial charge on any atom is 0.343 e. The van der Waals surface area contributed by atoms with Gasteiger partial charge in [-0.25, -0.2) is 14.9 Å². The SMILES string of the molecule is CC(c1nc2ccccc2c(=O)[nH]1)N1CCn2c(n[nH]c2=O)C1. The van der Waals surface area contributed by atoms with Crippen LogP contribution in [0.15, 0.2) is 33.9 Å². The van der Waals surface area contributed by atoms with Crippen LogP contribution in [0, 0.1) is 0 Å². The van der Waals surface area contributed by atoms with Crippen molar-refractivity contribution >= 4 is 10.9 Å². The van der Waals surface area contributed by atoms with Crippen LogP contribution >= 0.6 is 0 Å². The van der Waals surface area contributed by atoms with Gasteiger partial charge in [-0.05, 0) is 19.1 Å². The average molecular weight is 312 g/mol. The molecule has 0 bridgehead atoms. The topological polar surface area (TPSA) is 99.7 Å². The molecule has 1 aromatic carbocycles. The summed E-state index contributed by atoms with van der Waals surface area (Å²) in [6.45, 7) is 3.81. The molecular formula is C15H16N6O2. The molecule has 0 amide bonds. The van der Waals surface area contributed by atoms with E-state index in [-0.39, 0.29) is 17.3 Å². The molecule has 23 heavy (non-hydrogen) atoms. The predicted octanol–water partition coefficient (Wildman–Crippen LogP) is 0.385. The Hall–Kier alpha value is -2.74. The van der Waals surface area contributed by atoms with Crippen LogP contribution < -0.4 is 11.2 Å². The Bertz CT molecular complexity index is 985. The first kappa shape index (κ1) is 13.9.